The first-order chi connectivity index (χ1) is 14.1. The van der Waals surface area contributed by atoms with Gasteiger partial charge >= 0.3 is 0 Å². The molecular formula is C26H54O3Si2. The molecule has 0 aromatic heterocycles. The van der Waals surface area contributed by atoms with Gasteiger partial charge in [-0.15, -0.1) is 0 Å². The topological polar surface area (TPSA) is 35.5 Å². The fraction of sp³-hybridized carbons (Fsp3) is 0.885. The van der Waals surface area contributed by atoms with E-state index in [-0.39, 0.29) is 11.9 Å². The third-order valence-corrected chi connectivity index (χ3v) is 19.8. The van der Waals surface area contributed by atoms with Crippen molar-refractivity contribution in [1.29, 1.82) is 0 Å². The molecule has 0 N–H and O–H groups in total. The SMILES string of the molecule is C=C(CCO[Si](C(C)C)(C(C)C)C(C)C)C(=O)CC(C)O[Si](C(C)C)(C(C)C)C(C)C. The fourth-order valence-corrected chi connectivity index (χ4v) is 17.2. The molecule has 184 valence electrons. The lowest BCUT2D eigenvalue weighted by Gasteiger charge is -2.44. The van der Waals surface area contributed by atoms with E-state index in [4.69, 9.17) is 8.85 Å². The Labute approximate surface area is 197 Å². The van der Waals surface area contributed by atoms with Crippen LogP contribution in [0.1, 0.15) is 103 Å². The second-order valence-electron chi connectivity index (χ2n) is 11.4. The van der Waals surface area contributed by atoms with E-state index in [0.29, 0.717) is 58.3 Å². The molecular weight excluding hydrogens is 416 g/mol. The molecule has 0 rings (SSSR count). The van der Waals surface area contributed by atoms with Gasteiger partial charge in [-0.1, -0.05) is 89.7 Å². The summed E-state index contributed by atoms with van der Waals surface area (Å²) in [6, 6.07) is 0. The molecule has 0 aliphatic heterocycles. The predicted molar refractivity (Wildman–Crippen MR) is 142 cm³/mol. The van der Waals surface area contributed by atoms with Crippen molar-refractivity contribution in [2.24, 2.45) is 0 Å². The first-order valence-corrected chi connectivity index (χ1v) is 16.9. The number of rotatable bonds is 15. The molecule has 0 saturated heterocycles. The van der Waals surface area contributed by atoms with E-state index in [1.54, 1.807) is 0 Å². The highest BCUT2D eigenvalue weighted by atomic mass is 28.4. The van der Waals surface area contributed by atoms with Crippen molar-refractivity contribution in [3.05, 3.63) is 12.2 Å². The van der Waals surface area contributed by atoms with Gasteiger partial charge in [-0.05, 0) is 52.2 Å². The van der Waals surface area contributed by atoms with E-state index in [1.807, 2.05) is 0 Å². The number of carbonyl (C=O) groups is 1. The highest BCUT2D eigenvalue weighted by molar-refractivity contribution is 6.78. The number of ketones is 1. The van der Waals surface area contributed by atoms with Crippen LogP contribution in [0.2, 0.25) is 33.2 Å². The summed E-state index contributed by atoms with van der Waals surface area (Å²) in [7, 11) is -3.88. The van der Waals surface area contributed by atoms with Crippen LogP contribution < -0.4 is 0 Å². The van der Waals surface area contributed by atoms with E-state index in [2.05, 4.69) is 96.6 Å². The number of Topliss-reactive ketones (excluding diaryl/α,β-unsaturated/α-hetero) is 1. The fourth-order valence-electron chi connectivity index (χ4n) is 6.19. The van der Waals surface area contributed by atoms with Crippen LogP contribution in [-0.4, -0.2) is 35.1 Å². The minimum absolute atomic E-state index is 0.0699. The highest BCUT2D eigenvalue weighted by Crippen LogP contribution is 2.44. The van der Waals surface area contributed by atoms with Gasteiger partial charge in [0, 0.05) is 19.1 Å². The molecule has 0 amide bonds. The van der Waals surface area contributed by atoms with Crippen molar-refractivity contribution in [3.63, 3.8) is 0 Å². The van der Waals surface area contributed by atoms with Crippen molar-refractivity contribution in [2.75, 3.05) is 6.61 Å². The molecule has 5 heteroatoms. The third-order valence-electron chi connectivity index (χ3n) is 7.44. The summed E-state index contributed by atoms with van der Waals surface area (Å²) in [5.41, 5.74) is 3.87. The molecule has 3 nitrogen and oxygen atoms in total. The number of hydrogen-bond acceptors (Lipinski definition) is 3. The highest BCUT2D eigenvalue weighted by Gasteiger charge is 2.46. The molecule has 0 fully saturated rings. The molecule has 0 radical (unpaired) electrons. The lowest BCUT2D eigenvalue weighted by molar-refractivity contribution is -0.117. The summed E-state index contributed by atoms with van der Waals surface area (Å²) in [6.45, 7) is 34.2. The van der Waals surface area contributed by atoms with Crippen LogP contribution in [0.5, 0.6) is 0 Å². The van der Waals surface area contributed by atoms with Crippen LogP contribution in [-0.2, 0) is 13.6 Å². The van der Waals surface area contributed by atoms with Gasteiger partial charge in [0.25, 0.3) is 0 Å². The number of hydrogen-bond donors (Lipinski definition) is 0. The van der Waals surface area contributed by atoms with Crippen molar-refractivity contribution in [3.8, 4) is 0 Å². The van der Waals surface area contributed by atoms with E-state index >= 15 is 0 Å². The van der Waals surface area contributed by atoms with Crippen LogP contribution in [0, 0.1) is 0 Å². The molecule has 0 aromatic carbocycles. The van der Waals surface area contributed by atoms with Crippen molar-refractivity contribution in [2.45, 2.75) is 142 Å². The van der Waals surface area contributed by atoms with Crippen molar-refractivity contribution >= 4 is 22.4 Å². The smallest absolute Gasteiger partial charge is 0.200 e. The van der Waals surface area contributed by atoms with Crippen molar-refractivity contribution < 1.29 is 13.6 Å². The molecule has 0 spiro atoms. The first-order valence-electron chi connectivity index (χ1n) is 12.6. The van der Waals surface area contributed by atoms with Crippen LogP contribution >= 0.6 is 0 Å². The molecule has 0 aliphatic rings. The van der Waals surface area contributed by atoms with Crippen LogP contribution in [0.3, 0.4) is 0 Å². The summed E-state index contributed by atoms with van der Waals surface area (Å²) in [5, 5.41) is 0. The minimum atomic E-state index is -1.98. The van der Waals surface area contributed by atoms with Gasteiger partial charge in [0.05, 0.1) is 0 Å². The second kappa shape index (κ2) is 12.9. The zero-order valence-corrected chi connectivity index (χ0v) is 25.1. The van der Waals surface area contributed by atoms with Crippen LogP contribution in [0.4, 0.5) is 0 Å². The number of carbonyl (C=O) groups excluding carboxylic acids is 1. The third kappa shape index (κ3) is 7.38. The molecule has 0 saturated carbocycles. The Morgan fingerprint density at radius 2 is 1.03 bits per heavy atom. The first kappa shape index (κ1) is 30.8. The Morgan fingerprint density at radius 1 is 0.677 bits per heavy atom. The largest absolute Gasteiger partial charge is 0.416 e. The molecule has 0 bridgehead atoms. The Balaban J connectivity index is 5.06. The normalized spacial score (nSPS) is 14.5. The molecule has 31 heavy (non-hydrogen) atoms. The lowest BCUT2D eigenvalue weighted by atomic mass is 10.1. The molecule has 0 aliphatic carbocycles. The van der Waals surface area contributed by atoms with E-state index in [0.717, 1.165) is 0 Å². The van der Waals surface area contributed by atoms with Gasteiger partial charge in [0.1, 0.15) is 0 Å². The van der Waals surface area contributed by atoms with Gasteiger partial charge < -0.3 is 8.85 Å². The lowest BCUT2D eigenvalue weighted by Crippen LogP contribution is -2.50. The van der Waals surface area contributed by atoms with Crippen molar-refractivity contribution in [1.82, 2.24) is 0 Å². The standard InChI is InChI=1S/C26H54O3Si2/c1-18(2)30(19(3)4,20(5)6)28-16-15-24(13)26(27)17-25(14)29-31(21(7)8,22(9)10)23(11)12/h18-23,25H,13,15-17H2,1-12,14H3. The van der Waals surface area contributed by atoms with Gasteiger partial charge in [0.2, 0.25) is 8.32 Å². The summed E-state index contributed by atoms with van der Waals surface area (Å²) in [4.78, 5) is 12.9. The van der Waals surface area contributed by atoms with E-state index < -0.39 is 16.6 Å². The van der Waals surface area contributed by atoms with Gasteiger partial charge in [-0.3, -0.25) is 4.79 Å². The zero-order valence-electron chi connectivity index (χ0n) is 23.1. The monoisotopic (exact) mass is 470 g/mol. The van der Waals surface area contributed by atoms with Crippen LogP contribution in [0.15, 0.2) is 12.2 Å². The summed E-state index contributed by atoms with van der Waals surface area (Å²) < 4.78 is 13.4. The predicted octanol–water partition coefficient (Wildman–Crippen LogP) is 8.66. The molecule has 1 unspecified atom stereocenters. The molecule has 0 heterocycles. The summed E-state index contributed by atoms with van der Waals surface area (Å²) in [5.74, 6) is 0.126. The maximum atomic E-state index is 12.9. The Kier molecular flexibility index (Phi) is 12.8. The maximum Gasteiger partial charge on any atom is 0.200 e. The summed E-state index contributed by atoms with van der Waals surface area (Å²) >= 11 is 0. The van der Waals surface area contributed by atoms with E-state index in [9.17, 15) is 4.79 Å². The average molecular weight is 471 g/mol. The Morgan fingerprint density at radius 3 is 1.35 bits per heavy atom. The quantitative estimate of drug-likeness (QED) is 0.177. The molecule has 1 atom stereocenters. The molecule has 0 aromatic rings. The van der Waals surface area contributed by atoms with Crippen LogP contribution in [0.25, 0.3) is 0 Å². The minimum Gasteiger partial charge on any atom is -0.416 e. The van der Waals surface area contributed by atoms with Gasteiger partial charge in [0.15, 0.2) is 14.1 Å². The van der Waals surface area contributed by atoms with Gasteiger partial charge in [-0.25, -0.2) is 0 Å². The maximum absolute atomic E-state index is 12.9. The second-order valence-corrected chi connectivity index (χ2v) is 22.3. The summed E-state index contributed by atoms with van der Waals surface area (Å²) in [6.07, 6.45) is 0.966. The van der Waals surface area contributed by atoms with E-state index in [1.165, 1.54) is 0 Å². The Bertz CT molecular complexity index is 521. The zero-order chi connectivity index (χ0) is 24.7. The average Bonchev–Trinajstić information content (AvgIpc) is 2.60. The Hall–Kier alpha value is -0.236. The van der Waals surface area contributed by atoms with Gasteiger partial charge in [-0.2, -0.15) is 0 Å².